The molecule has 0 aliphatic carbocycles. The van der Waals surface area contributed by atoms with Crippen LogP contribution in [0.1, 0.15) is 44.9 Å². The van der Waals surface area contributed by atoms with Gasteiger partial charge in [-0.05, 0) is 12.8 Å². The van der Waals surface area contributed by atoms with Crippen molar-refractivity contribution in [3.8, 4) is 0 Å². The Labute approximate surface area is 89.9 Å². The fraction of sp³-hybridized carbons (Fsp3) is 0.636. The predicted molar refractivity (Wildman–Crippen MR) is 56.2 cm³/mol. The quantitative estimate of drug-likeness (QED) is 0.364. The fourth-order valence-electron chi connectivity index (χ4n) is 1.23. The van der Waals surface area contributed by atoms with Crippen molar-refractivity contribution >= 4 is 11.9 Å². The van der Waals surface area contributed by atoms with Gasteiger partial charge in [0.1, 0.15) is 0 Å². The minimum atomic E-state index is -0.746. The average molecular weight is 214 g/mol. The van der Waals surface area contributed by atoms with Crippen LogP contribution in [0.2, 0.25) is 0 Å². The van der Waals surface area contributed by atoms with Crippen molar-refractivity contribution in [1.29, 1.82) is 0 Å². The Morgan fingerprint density at radius 1 is 1.07 bits per heavy atom. The summed E-state index contributed by atoms with van der Waals surface area (Å²) < 4.78 is 4.55. The first-order chi connectivity index (χ1) is 7.16. The molecule has 0 unspecified atom stereocenters. The molecule has 1 N–H and O–H groups in total. The van der Waals surface area contributed by atoms with Gasteiger partial charge in [0.15, 0.2) is 0 Å². The van der Waals surface area contributed by atoms with Gasteiger partial charge in [-0.2, -0.15) is 0 Å². The Morgan fingerprint density at radius 3 is 2.13 bits per heavy atom. The number of aliphatic carboxylic acids is 1. The number of esters is 1. The number of hydrogen-bond acceptors (Lipinski definition) is 3. The zero-order valence-electron chi connectivity index (χ0n) is 8.91. The molecule has 0 radical (unpaired) electrons. The Morgan fingerprint density at radius 2 is 1.60 bits per heavy atom. The Kier molecular flexibility index (Phi) is 8.43. The third kappa shape index (κ3) is 10.6. The third-order valence-electron chi connectivity index (χ3n) is 1.99. The number of carboxylic acids is 1. The second-order valence-corrected chi connectivity index (χ2v) is 3.32. The van der Waals surface area contributed by atoms with Gasteiger partial charge in [0.25, 0.3) is 0 Å². The summed E-state index contributed by atoms with van der Waals surface area (Å²) in [4.78, 5) is 21.0. The van der Waals surface area contributed by atoms with E-state index in [4.69, 9.17) is 5.11 Å². The van der Waals surface area contributed by atoms with Crippen LogP contribution in [-0.2, 0) is 14.3 Å². The number of carbonyl (C=O) groups is 2. The molecule has 0 aliphatic heterocycles. The summed E-state index contributed by atoms with van der Waals surface area (Å²) in [5, 5.41) is 8.38. The van der Waals surface area contributed by atoms with Crippen LogP contribution in [0.5, 0.6) is 0 Å². The van der Waals surface area contributed by atoms with Crippen LogP contribution < -0.4 is 0 Å². The van der Waals surface area contributed by atoms with Crippen LogP contribution in [0, 0.1) is 0 Å². The molecule has 86 valence electrons. The Balaban J connectivity index is 3.14. The molecule has 0 bridgehead atoms. The highest BCUT2D eigenvalue weighted by Crippen LogP contribution is 2.07. The van der Waals surface area contributed by atoms with Crippen LogP contribution >= 0.6 is 0 Å². The highest BCUT2D eigenvalue weighted by molar-refractivity contribution is 5.69. The van der Waals surface area contributed by atoms with Gasteiger partial charge in [-0.3, -0.25) is 9.59 Å². The zero-order valence-corrected chi connectivity index (χ0v) is 8.91. The lowest BCUT2D eigenvalue weighted by Crippen LogP contribution is -1.98. The lowest BCUT2D eigenvalue weighted by molar-refractivity contribution is -0.138. The molecule has 0 saturated carbocycles. The van der Waals surface area contributed by atoms with Crippen molar-refractivity contribution in [2.45, 2.75) is 44.9 Å². The maximum Gasteiger partial charge on any atom is 0.310 e. The highest BCUT2D eigenvalue weighted by Gasteiger charge is 2.00. The third-order valence-corrected chi connectivity index (χ3v) is 1.99. The summed E-state index contributed by atoms with van der Waals surface area (Å²) in [6, 6.07) is 0. The molecule has 4 nitrogen and oxygen atoms in total. The van der Waals surface area contributed by atoms with Crippen LogP contribution in [0.4, 0.5) is 0 Å². The normalized spacial score (nSPS) is 9.60. The SMILES string of the molecule is C=COC(=O)CCCCCCCC(=O)O. The Hall–Kier alpha value is -1.32. The van der Waals surface area contributed by atoms with Crippen LogP contribution in [0.25, 0.3) is 0 Å². The summed E-state index contributed by atoms with van der Waals surface area (Å²) >= 11 is 0. The first kappa shape index (κ1) is 13.7. The lowest BCUT2D eigenvalue weighted by Gasteiger charge is -2.00. The molecule has 0 aromatic carbocycles. The maximum atomic E-state index is 10.9. The zero-order chi connectivity index (χ0) is 11.5. The molecule has 0 fully saturated rings. The number of hydrogen-bond donors (Lipinski definition) is 1. The van der Waals surface area contributed by atoms with Crippen LogP contribution in [0.15, 0.2) is 12.8 Å². The van der Waals surface area contributed by atoms with Gasteiger partial charge in [-0.15, -0.1) is 0 Å². The monoisotopic (exact) mass is 214 g/mol. The van der Waals surface area contributed by atoms with Gasteiger partial charge in [0.05, 0.1) is 6.26 Å². The standard InChI is InChI=1S/C11H18O4/c1-2-15-11(14)9-7-5-3-4-6-8-10(12)13/h2H,1,3-9H2,(H,12,13). The molecular weight excluding hydrogens is 196 g/mol. The molecule has 4 heteroatoms. The molecule has 0 aliphatic rings. The molecule has 0 amide bonds. The number of carboxylic acid groups (broad SMARTS) is 1. The van der Waals surface area contributed by atoms with Crippen molar-refractivity contribution in [2.75, 3.05) is 0 Å². The van der Waals surface area contributed by atoms with Gasteiger partial charge >= 0.3 is 11.9 Å². The summed E-state index contributed by atoms with van der Waals surface area (Å²) in [5.74, 6) is -1.000. The van der Waals surface area contributed by atoms with E-state index in [1.54, 1.807) is 0 Å². The van der Waals surface area contributed by atoms with Gasteiger partial charge in [-0.25, -0.2) is 0 Å². The van der Waals surface area contributed by atoms with Crippen LogP contribution in [0.3, 0.4) is 0 Å². The molecule has 0 heterocycles. The Bertz CT molecular complexity index is 211. The van der Waals surface area contributed by atoms with E-state index in [1.165, 1.54) is 0 Å². The van der Waals surface area contributed by atoms with E-state index in [0.717, 1.165) is 31.9 Å². The number of carbonyl (C=O) groups excluding carboxylic acids is 1. The molecule has 0 aromatic heterocycles. The molecule has 0 aromatic rings. The summed E-state index contributed by atoms with van der Waals surface area (Å²) in [6.45, 7) is 3.29. The van der Waals surface area contributed by atoms with Crippen molar-refractivity contribution in [3.63, 3.8) is 0 Å². The second-order valence-electron chi connectivity index (χ2n) is 3.32. The van der Waals surface area contributed by atoms with Gasteiger partial charge in [0, 0.05) is 12.8 Å². The minimum absolute atomic E-state index is 0.235. The van der Waals surface area contributed by atoms with E-state index in [0.29, 0.717) is 12.8 Å². The predicted octanol–water partition coefficient (Wildman–Crippen LogP) is 2.49. The van der Waals surface area contributed by atoms with E-state index in [9.17, 15) is 9.59 Å². The molecule has 15 heavy (non-hydrogen) atoms. The molecule has 0 spiro atoms. The topological polar surface area (TPSA) is 63.6 Å². The summed E-state index contributed by atoms with van der Waals surface area (Å²) in [6.07, 6.45) is 6.09. The smallest absolute Gasteiger partial charge is 0.310 e. The number of ether oxygens (including phenoxy) is 1. The highest BCUT2D eigenvalue weighted by atomic mass is 16.5. The van der Waals surface area contributed by atoms with E-state index in [-0.39, 0.29) is 12.4 Å². The van der Waals surface area contributed by atoms with Crippen molar-refractivity contribution in [3.05, 3.63) is 12.8 Å². The van der Waals surface area contributed by atoms with E-state index < -0.39 is 5.97 Å². The largest absolute Gasteiger partial charge is 0.481 e. The molecule has 0 saturated heterocycles. The first-order valence-electron chi connectivity index (χ1n) is 5.19. The van der Waals surface area contributed by atoms with Crippen molar-refractivity contribution in [1.82, 2.24) is 0 Å². The number of rotatable bonds is 9. The maximum absolute atomic E-state index is 10.9. The summed E-state index contributed by atoms with van der Waals surface area (Å²) in [7, 11) is 0. The number of unbranched alkanes of at least 4 members (excludes halogenated alkanes) is 4. The van der Waals surface area contributed by atoms with Crippen molar-refractivity contribution in [2.24, 2.45) is 0 Å². The van der Waals surface area contributed by atoms with Crippen LogP contribution in [-0.4, -0.2) is 17.0 Å². The summed E-state index contributed by atoms with van der Waals surface area (Å²) in [5.41, 5.74) is 0. The van der Waals surface area contributed by atoms with E-state index in [2.05, 4.69) is 11.3 Å². The van der Waals surface area contributed by atoms with Gasteiger partial charge in [0.2, 0.25) is 0 Å². The fourth-order valence-corrected chi connectivity index (χ4v) is 1.23. The van der Waals surface area contributed by atoms with Crippen molar-refractivity contribution < 1.29 is 19.4 Å². The molecule has 0 rings (SSSR count). The van der Waals surface area contributed by atoms with E-state index in [1.807, 2.05) is 0 Å². The molecule has 0 atom stereocenters. The first-order valence-corrected chi connectivity index (χ1v) is 5.19. The van der Waals surface area contributed by atoms with Gasteiger partial charge < -0.3 is 9.84 Å². The minimum Gasteiger partial charge on any atom is -0.481 e. The van der Waals surface area contributed by atoms with E-state index >= 15 is 0 Å². The molecular formula is C11H18O4. The average Bonchev–Trinajstić information content (AvgIpc) is 2.16. The van der Waals surface area contributed by atoms with Gasteiger partial charge in [-0.1, -0.05) is 25.8 Å². The second kappa shape index (κ2) is 9.24. The lowest BCUT2D eigenvalue weighted by atomic mass is 10.1.